The summed E-state index contributed by atoms with van der Waals surface area (Å²) < 4.78 is 13.0. The molecule has 1 rings (SSSR count). The van der Waals surface area contributed by atoms with Crippen molar-refractivity contribution in [3.8, 4) is 0 Å². The summed E-state index contributed by atoms with van der Waals surface area (Å²) in [5.41, 5.74) is 6.34. The SMILES string of the molecule is CN(c1cccc(F)c1)C(C)(C)CN. The molecule has 1 aromatic carbocycles. The van der Waals surface area contributed by atoms with Gasteiger partial charge in [-0.05, 0) is 32.0 Å². The van der Waals surface area contributed by atoms with E-state index in [0.29, 0.717) is 6.54 Å². The molecule has 0 fully saturated rings. The van der Waals surface area contributed by atoms with Crippen LogP contribution in [0.15, 0.2) is 24.3 Å². The lowest BCUT2D eigenvalue weighted by molar-refractivity contribution is 0.497. The largest absolute Gasteiger partial charge is 0.368 e. The van der Waals surface area contributed by atoms with Crippen LogP contribution in [0.4, 0.5) is 10.1 Å². The summed E-state index contributed by atoms with van der Waals surface area (Å²) in [6.45, 7) is 4.58. The summed E-state index contributed by atoms with van der Waals surface area (Å²) >= 11 is 0. The van der Waals surface area contributed by atoms with Crippen LogP contribution in [0.25, 0.3) is 0 Å². The fourth-order valence-electron chi connectivity index (χ4n) is 1.17. The van der Waals surface area contributed by atoms with E-state index in [9.17, 15) is 4.39 Å². The van der Waals surface area contributed by atoms with Crippen LogP contribution >= 0.6 is 0 Å². The molecule has 2 N–H and O–H groups in total. The van der Waals surface area contributed by atoms with E-state index in [-0.39, 0.29) is 11.4 Å². The Kier molecular flexibility index (Phi) is 3.11. The Morgan fingerprint density at radius 1 is 1.43 bits per heavy atom. The van der Waals surface area contributed by atoms with Crippen molar-refractivity contribution in [3.05, 3.63) is 30.1 Å². The zero-order valence-corrected chi connectivity index (χ0v) is 8.92. The second kappa shape index (κ2) is 3.96. The van der Waals surface area contributed by atoms with Crippen molar-refractivity contribution in [1.29, 1.82) is 0 Å². The number of nitrogens with zero attached hydrogens (tertiary/aromatic N) is 1. The molecule has 0 saturated carbocycles. The van der Waals surface area contributed by atoms with Gasteiger partial charge in [0.2, 0.25) is 0 Å². The summed E-state index contributed by atoms with van der Waals surface area (Å²) in [4.78, 5) is 1.98. The second-order valence-corrected chi connectivity index (χ2v) is 4.06. The summed E-state index contributed by atoms with van der Waals surface area (Å²) in [7, 11) is 1.92. The first-order valence-corrected chi connectivity index (χ1v) is 4.67. The van der Waals surface area contributed by atoms with Gasteiger partial charge in [-0.1, -0.05) is 6.07 Å². The molecule has 0 unspecified atom stereocenters. The normalized spacial score (nSPS) is 11.5. The number of hydrogen-bond donors (Lipinski definition) is 1. The molecule has 2 nitrogen and oxygen atoms in total. The Labute approximate surface area is 84.5 Å². The maximum atomic E-state index is 13.0. The molecule has 0 aliphatic heterocycles. The summed E-state index contributed by atoms with van der Waals surface area (Å²) in [5.74, 6) is -0.220. The van der Waals surface area contributed by atoms with Gasteiger partial charge in [0.1, 0.15) is 5.82 Å². The van der Waals surface area contributed by atoms with Gasteiger partial charge in [0, 0.05) is 24.8 Å². The van der Waals surface area contributed by atoms with Crippen LogP contribution in [-0.4, -0.2) is 19.1 Å². The van der Waals surface area contributed by atoms with Crippen LogP contribution in [0, 0.1) is 5.82 Å². The molecule has 0 radical (unpaired) electrons. The third kappa shape index (κ3) is 2.23. The zero-order chi connectivity index (χ0) is 10.8. The smallest absolute Gasteiger partial charge is 0.125 e. The molecule has 0 aliphatic carbocycles. The van der Waals surface area contributed by atoms with E-state index in [1.807, 2.05) is 31.9 Å². The number of likely N-dealkylation sites (N-methyl/N-ethyl adjacent to an activating group) is 1. The van der Waals surface area contributed by atoms with Gasteiger partial charge in [0.05, 0.1) is 0 Å². The average molecular weight is 196 g/mol. The van der Waals surface area contributed by atoms with Crippen LogP contribution < -0.4 is 10.6 Å². The van der Waals surface area contributed by atoms with Gasteiger partial charge in [-0.15, -0.1) is 0 Å². The van der Waals surface area contributed by atoms with Gasteiger partial charge in [-0.3, -0.25) is 0 Å². The Hall–Kier alpha value is -1.09. The molecule has 0 atom stereocenters. The fraction of sp³-hybridized carbons (Fsp3) is 0.455. The summed E-state index contributed by atoms with van der Waals surface area (Å²) in [5, 5.41) is 0. The molecule has 1 aromatic rings. The van der Waals surface area contributed by atoms with Crippen molar-refractivity contribution in [2.45, 2.75) is 19.4 Å². The highest BCUT2D eigenvalue weighted by molar-refractivity contribution is 5.48. The van der Waals surface area contributed by atoms with Crippen LogP contribution in [0.5, 0.6) is 0 Å². The third-order valence-corrected chi connectivity index (χ3v) is 2.60. The molecule has 78 valence electrons. The van der Waals surface area contributed by atoms with E-state index in [2.05, 4.69) is 0 Å². The lowest BCUT2D eigenvalue weighted by Gasteiger charge is -2.36. The first-order chi connectivity index (χ1) is 6.47. The van der Waals surface area contributed by atoms with Crippen molar-refractivity contribution >= 4 is 5.69 Å². The van der Waals surface area contributed by atoms with Crippen LogP contribution in [0.1, 0.15) is 13.8 Å². The minimum atomic E-state index is -0.220. The highest BCUT2D eigenvalue weighted by atomic mass is 19.1. The molecule has 0 heterocycles. The molecule has 0 bridgehead atoms. The quantitative estimate of drug-likeness (QED) is 0.801. The van der Waals surface area contributed by atoms with E-state index in [0.717, 1.165) is 5.69 Å². The molecule has 0 aliphatic rings. The number of halogens is 1. The highest BCUT2D eigenvalue weighted by Crippen LogP contribution is 2.21. The standard InChI is InChI=1S/C11H17FN2/c1-11(2,8-13)14(3)10-6-4-5-9(12)7-10/h4-7H,8,13H2,1-3H3. The molecule has 0 saturated heterocycles. The predicted molar refractivity (Wildman–Crippen MR) is 57.9 cm³/mol. The fourth-order valence-corrected chi connectivity index (χ4v) is 1.17. The topological polar surface area (TPSA) is 29.3 Å². The van der Waals surface area contributed by atoms with Crippen LogP contribution in [-0.2, 0) is 0 Å². The van der Waals surface area contributed by atoms with Gasteiger partial charge in [-0.2, -0.15) is 0 Å². The van der Waals surface area contributed by atoms with Crippen molar-refractivity contribution in [2.75, 3.05) is 18.5 Å². The lowest BCUT2D eigenvalue weighted by Crippen LogP contribution is -2.47. The van der Waals surface area contributed by atoms with E-state index < -0.39 is 0 Å². The Morgan fingerprint density at radius 2 is 2.07 bits per heavy atom. The summed E-state index contributed by atoms with van der Waals surface area (Å²) in [6, 6.07) is 6.53. The Balaban J connectivity index is 2.94. The summed E-state index contributed by atoms with van der Waals surface area (Å²) in [6.07, 6.45) is 0. The molecule has 14 heavy (non-hydrogen) atoms. The number of rotatable bonds is 3. The highest BCUT2D eigenvalue weighted by Gasteiger charge is 2.21. The molecular weight excluding hydrogens is 179 g/mol. The predicted octanol–water partition coefficient (Wildman–Crippen LogP) is 2.00. The van der Waals surface area contributed by atoms with Gasteiger partial charge < -0.3 is 10.6 Å². The molecule has 3 heteroatoms. The monoisotopic (exact) mass is 196 g/mol. The first-order valence-electron chi connectivity index (χ1n) is 4.67. The van der Waals surface area contributed by atoms with Gasteiger partial charge in [-0.25, -0.2) is 4.39 Å². The maximum absolute atomic E-state index is 13.0. The number of nitrogens with two attached hydrogens (primary N) is 1. The number of anilines is 1. The van der Waals surface area contributed by atoms with Gasteiger partial charge in [0.25, 0.3) is 0 Å². The van der Waals surface area contributed by atoms with Gasteiger partial charge in [0.15, 0.2) is 0 Å². The second-order valence-electron chi connectivity index (χ2n) is 4.06. The Morgan fingerprint density at radius 3 is 2.57 bits per heavy atom. The van der Waals surface area contributed by atoms with E-state index in [4.69, 9.17) is 5.73 Å². The maximum Gasteiger partial charge on any atom is 0.125 e. The third-order valence-electron chi connectivity index (χ3n) is 2.60. The molecule has 0 aromatic heterocycles. The average Bonchev–Trinajstić information content (AvgIpc) is 2.16. The number of benzene rings is 1. The van der Waals surface area contributed by atoms with Crippen molar-refractivity contribution in [3.63, 3.8) is 0 Å². The first kappa shape index (κ1) is 11.0. The minimum absolute atomic E-state index is 0.159. The van der Waals surface area contributed by atoms with Gasteiger partial charge >= 0.3 is 0 Å². The molecule has 0 amide bonds. The molecular formula is C11H17FN2. The van der Waals surface area contributed by atoms with E-state index >= 15 is 0 Å². The van der Waals surface area contributed by atoms with E-state index in [1.165, 1.54) is 12.1 Å². The lowest BCUT2D eigenvalue weighted by atomic mass is 10.0. The van der Waals surface area contributed by atoms with Crippen molar-refractivity contribution < 1.29 is 4.39 Å². The van der Waals surface area contributed by atoms with Crippen LogP contribution in [0.2, 0.25) is 0 Å². The minimum Gasteiger partial charge on any atom is -0.368 e. The van der Waals surface area contributed by atoms with Crippen LogP contribution in [0.3, 0.4) is 0 Å². The zero-order valence-electron chi connectivity index (χ0n) is 8.92. The van der Waals surface area contributed by atoms with Crippen molar-refractivity contribution in [2.24, 2.45) is 5.73 Å². The van der Waals surface area contributed by atoms with Crippen molar-refractivity contribution in [1.82, 2.24) is 0 Å². The molecule has 0 spiro atoms. The number of hydrogen-bond acceptors (Lipinski definition) is 2. The Bertz CT molecular complexity index is 310. The van der Waals surface area contributed by atoms with E-state index in [1.54, 1.807) is 6.07 Å².